The number of hydroxylamine groups is 1. The number of hydrogen-bond donors (Lipinski definition) is 0. The minimum atomic E-state index is -4.59. The molecule has 13 heteroatoms. The number of benzene rings is 2. The van der Waals surface area contributed by atoms with Gasteiger partial charge in [0.15, 0.2) is 4.90 Å². The lowest BCUT2D eigenvalue weighted by molar-refractivity contribution is -0.387. The zero-order chi connectivity index (χ0) is 27.1. The van der Waals surface area contributed by atoms with Crippen LogP contribution >= 0.6 is 0 Å². The van der Waals surface area contributed by atoms with Crippen LogP contribution in [0, 0.1) is 10.1 Å². The second kappa shape index (κ2) is 11.8. The number of rotatable bonds is 10. The van der Waals surface area contributed by atoms with Gasteiger partial charge in [0.05, 0.1) is 23.8 Å². The van der Waals surface area contributed by atoms with Crippen LogP contribution in [0.3, 0.4) is 0 Å². The summed E-state index contributed by atoms with van der Waals surface area (Å²) in [6.07, 6.45) is 5.01. The van der Waals surface area contributed by atoms with E-state index in [2.05, 4.69) is 11.7 Å². The normalized spacial score (nSPS) is 15.7. The second-order valence-corrected chi connectivity index (χ2v) is 9.91. The molecule has 1 aliphatic rings. The fourth-order valence-electron chi connectivity index (χ4n) is 3.85. The van der Waals surface area contributed by atoms with Crippen LogP contribution in [0.5, 0.6) is 0 Å². The Bertz CT molecular complexity index is 1420. The van der Waals surface area contributed by atoms with Gasteiger partial charge in [-0.25, -0.2) is 13.2 Å². The first-order valence-electron chi connectivity index (χ1n) is 11.4. The van der Waals surface area contributed by atoms with E-state index in [1.54, 1.807) is 18.2 Å². The SMILES string of the molecule is C=CCON(C1C=C(c2cnoc2)CN(C(=O)OCc2ccccc2)C1)S(=O)(=O)c1ccccc1[N+](=O)[O-]. The first kappa shape index (κ1) is 26.7. The molecule has 3 aromatic rings. The molecule has 1 aromatic heterocycles. The van der Waals surface area contributed by atoms with Crippen LogP contribution in [0.4, 0.5) is 10.5 Å². The van der Waals surface area contributed by atoms with Crippen molar-refractivity contribution in [2.75, 3.05) is 19.7 Å². The van der Waals surface area contributed by atoms with Gasteiger partial charge in [-0.2, -0.15) is 0 Å². The number of hydrogen-bond acceptors (Lipinski definition) is 9. The standard InChI is InChI=1S/C25H24N4O8S/c1-2-12-37-29(38(33,34)24-11-7-6-10-23(24)28(31)32)22-13-20(21-14-26-36-18-21)15-27(16-22)25(30)35-17-19-8-4-3-5-9-19/h2-11,13-14,18,22H,1,12,15-17H2. The van der Waals surface area contributed by atoms with Crippen LogP contribution in [0.1, 0.15) is 11.1 Å². The van der Waals surface area contributed by atoms with Crippen molar-refractivity contribution < 1.29 is 32.2 Å². The molecule has 2 aromatic carbocycles. The summed E-state index contributed by atoms with van der Waals surface area (Å²) in [4.78, 5) is 30.2. The van der Waals surface area contributed by atoms with E-state index < -0.39 is 37.7 Å². The summed E-state index contributed by atoms with van der Waals surface area (Å²) in [6, 6.07) is 12.9. The quantitative estimate of drug-likeness (QED) is 0.213. The monoisotopic (exact) mass is 540 g/mol. The van der Waals surface area contributed by atoms with E-state index in [0.717, 1.165) is 17.7 Å². The Morgan fingerprint density at radius 2 is 1.97 bits per heavy atom. The van der Waals surface area contributed by atoms with Gasteiger partial charge in [-0.05, 0) is 17.2 Å². The Labute approximate surface area is 218 Å². The summed E-state index contributed by atoms with van der Waals surface area (Å²) in [7, 11) is -4.59. The zero-order valence-electron chi connectivity index (χ0n) is 20.1. The average molecular weight is 541 g/mol. The van der Waals surface area contributed by atoms with Crippen molar-refractivity contribution in [2.24, 2.45) is 0 Å². The van der Waals surface area contributed by atoms with Gasteiger partial charge in [-0.1, -0.05) is 64.2 Å². The average Bonchev–Trinajstić information content (AvgIpc) is 3.47. The molecule has 38 heavy (non-hydrogen) atoms. The molecule has 0 spiro atoms. The number of nitro groups is 1. The van der Waals surface area contributed by atoms with Gasteiger partial charge in [0.2, 0.25) is 0 Å². The van der Waals surface area contributed by atoms with Crippen LogP contribution in [-0.4, -0.2) is 59.7 Å². The van der Waals surface area contributed by atoms with Crippen molar-refractivity contribution in [1.82, 2.24) is 14.5 Å². The molecule has 0 N–H and O–H groups in total. The van der Waals surface area contributed by atoms with Gasteiger partial charge < -0.3 is 14.2 Å². The first-order chi connectivity index (χ1) is 18.3. The molecule has 0 fully saturated rings. The van der Waals surface area contributed by atoms with E-state index in [1.807, 2.05) is 18.2 Å². The van der Waals surface area contributed by atoms with Crippen molar-refractivity contribution in [3.8, 4) is 0 Å². The molecule has 0 saturated carbocycles. The lowest BCUT2D eigenvalue weighted by Crippen LogP contribution is -2.50. The Morgan fingerprint density at radius 3 is 2.66 bits per heavy atom. The van der Waals surface area contributed by atoms with Crippen LogP contribution in [0.2, 0.25) is 0 Å². The minimum Gasteiger partial charge on any atom is -0.445 e. The number of para-hydroxylation sites is 1. The number of aromatic nitrogens is 1. The van der Waals surface area contributed by atoms with Crippen molar-refractivity contribution in [2.45, 2.75) is 17.5 Å². The maximum Gasteiger partial charge on any atom is 0.410 e. The Kier molecular flexibility index (Phi) is 8.31. The van der Waals surface area contributed by atoms with Gasteiger partial charge in [0, 0.05) is 24.7 Å². The van der Waals surface area contributed by atoms with E-state index in [-0.39, 0.29) is 26.3 Å². The van der Waals surface area contributed by atoms with E-state index >= 15 is 0 Å². The summed E-state index contributed by atoms with van der Waals surface area (Å²) in [5.41, 5.74) is 1.20. The van der Waals surface area contributed by atoms with Gasteiger partial charge >= 0.3 is 6.09 Å². The topological polar surface area (TPSA) is 145 Å². The highest BCUT2D eigenvalue weighted by Crippen LogP contribution is 2.31. The minimum absolute atomic E-state index is 0.0122. The van der Waals surface area contributed by atoms with Crippen LogP contribution in [0.25, 0.3) is 5.57 Å². The molecule has 0 bridgehead atoms. The molecule has 4 rings (SSSR count). The smallest absolute Gasteiger partial charge is 0.410 e. The number of nitrogens with zero attached hydrogens (tertiary/aromatic N) is 4. The number of nitro benzene ring substituents is 1. The number of sulfonamides is 1. The number of carbonyl (C=O) groups is 1. The molecule has 0 aliphatic carbocycles. The Morgan fingerprint density at radius 1 is 1.24 bits per heavy atom. The summed E-state index contributed by atoms with van der Waals surface area (Å²) in [5.74, 6) is 0. The summed E-state index contributed by atoms with van der Waals surface area (Å²) in [5, 5.41) is 15.3. The molecule has 1 atom stereocenters. The second-order valence-electron chi connectivity index (χ2n) is 8.16. The van der Waals surface area contributed by atoms with E-state index in [0.29, 0.717) is 15.6 Å². The van der Waals surface area contributed by atoms with Crippen molar-refractivity contribution in [3.63, 3.8) is 0 Å². The zero-order valence-corrected chi connectivity index (χ0v) is 20.9. The highest BCUT2D eigenvalue weighted by molar-refractivity contribution is 7.89. The predicted molar refractivity (Wildman–Crippen MR) is 135 cm³/mol. The largest absolute Gasteiger partial charge is 0.445 e. The van der Waals surface area contributed by atoms with Crippen LogP contribution in [-0.2, 0) is 26.2 Å². The molecule has 12 nitrogen and oxygen atoms in total. The van der Waals surface area contributed by atoms with Gasteiger partial charge in [-0.15, -0.1) is 6.58 Å². The molecule has 1 unspecified atom stereocenters. The summed E-state index contributed by atoms with van der Waals surface area (Å²) in [6.45, 7) is 3.27. The third kappa shape index (κ3) is 5.96. The molecular formula is C25H24N4O8S. The maximum absolute atomic E-state index is 13.7. The highest BCUT2D eigenvalue weighted by Gasteiger charge is 2.40. The number of ether oxygens (including phenoxy) is 1. The molecule has 0 saturated heterocycles. The molecule has 1 aliphatic heterocycles. The molecule has 2 heterocycles. The van der Waals surface area contributed by atoms with E-state index in [9.17, 15) is 23.3 Å². The fraction of sp³-hybridized carbons (Fsp3) is 0.200. The third-order valence-electron chi connectivity index (χ3n) is 5.60. The summed E-state index contributed by atoms with van der Waals surface area (Å²) < 4.78 is 38.5. The Balaban J connectivity index is 1.69. The lowest BCUT2D eigenvalue weighted by Gasteiger charge is -2.35. The summed E-state index contributed by atoms with van der Waals surface area (Å²) >= 11 is 0. The van der Waals surface area contributed by atoms with Gasteiger partial charge in [0.25, 0.3) is 15.7 Å². The molecule has 1 amide bonds. The van der Waals surface area contributed by atoms with E-state index in [4.69, 9.17) is 14.1 Å². The predicted octanol–water partition coefficient (Wildman–Crippen LogP) is 3.80. The highest BCUT2D eigenvalue weighted by atomic mass is 32.2. The Hall–Kier alpha value is -4.33. The fourth-order valence-corrected chi connectivity index (χ4v) is 5.39. The number of amides is 1. The van der Waals surface area contributed by atoms with Crippen molar-refractivity contribution in [1.29, 1.82) is 0 Å². The first-order valence-corrected chi connectivity index (χ1v) is 12.8. The van der Waals surface area contributed by atoms with E-state index in [1.165, 1.54) is 35.6 Å². The molecule has 198 valence electrons. The van der Waals surface area contributed by atoms with Crippen molar-refractivity contribution >= 4 is 27.4 Å². The molecule has 0 radical (unpaired) electrons. The van der Waals surface area contributed by atoms with Gasteiger partial charge in [-0.3, -0.25) is 15.0 Å². The maximum atomic E-state index is 13.7. The van der Waals surface area contributed by atoms with Gasteiger partial charge in [0.1, 0.15) is 12.9 Å². The van der Waals surface area contributed by atoms with Crippen LogP contribution < -0.4 is 0 Å². The number of carbonyl (C=O) groups excluding carboxylic acids is 1. The van der Waals surface area contributed by atoms with Crippen LogP contribution in [0.15, 0.2) is 95.2 Å². The lowest BCUT2D eigenvalue weighted by atomic mass is 10.0. The molecular weight excluding hydrogens is 516 g/mol. The van der Waals surface area contributed by atoms with Crippen molar-refractivity contribution in [3.05, 3.63) is 107 Å². The third-order valence-corrected chi connectivity index (χ3v) is 7.35.